The zero-order valence-corrected chi connectivity index (χ0v) is 21.8. The third-order valence-corrected chi connectivity index (χ3v) is 6.43. The summed E-state index contributed by atoms with van der Waals surface area (Å²) in [6.45, 7) is 5.30. The van der Waals surface area contributed by atoms with Gasteiger partial charge in [-0.3, -0.25) is 9.36 Å². The van der Waals surface area contributed by atoms with E-state index in [2.05, 4.69) is 25.6 Å². The van der Waals surface area contributed by atoms with Gasteiger partial charge in [0, 0.05) is 51.1 Å². The molecule has 10 nitrogen and oxygen atoms in total. The first-order valence-corrected chi connectivity index (χ1v) is 12.7. The predicted octanol–water partition coefficient (Wildman–Crippen LogP) is 3.47. The Bertz CT molecular complexity index is 1280. The molecule has 2 N–H and O–H groups in total. The summed E-state index contributed by atoms with van der Waals surface area (Å²) in [6.07, 6.45) is 5.66. The highest BCUT2D eigenvalue weighted by molar-refractivity contribution is 6.29. The van der Waals surface area contributed by atoms with Crippen molar-refractivity contribution in [2.75, 3.05) is 31.1 Å². The van der Waals surface area contributed by atoms with Gasteiger partial charge in [0.15, 0.2) is 11.6 Å². The molecular formula is C25H29ClF2N8O2. The fourth-order valence-electron chi connectivity index (χ4n) is 4.27. The number of benzene rings is 1. The van der Waals surface area contributed by atoms with Crippen LogP contribution in [0.3, 0.4) is 0 Å². The van der Waals surface area contributed by atoms with Crippen LogP contribution < -0.4 is 15.5 Å². The van der Waals surface area contributed by atoms with E-state index in [0.717, 1.165) is 18.6 Å². The third kappa shape index (κ3) is 6.55. The molecule has 3 heterocycles. The quantitative estimate of drug-likeness (QED) is 0.419. The van der Waals surface area contributed by atoms with Gasteiger partial charge < -0.3 is 20.4 Å². The number of aromatic nitrogens is 4. The Balaban J connectivity index is 1.55. The summed E-state index contributed by atoms with van der Waals surface area (Å²) in [5.41, 5.74) is 0.436. The number of halogens is 3. The van der Waals surface area contributed by atoms with E-state index < -0.39 is 23.7 Å². The monoisotopic (exact) mass is 546 g/mol. The first-order valence-electron chi connectivity index (χ1n) is 12.3. The van der Waals surface area contributed by atoms with Crippen molar-refractivity contribution in [2.24, 2.45) is 0 Å². The molecule has 0 spiro atoms. The predicted molar refractivity (Wildman–Crippen MR) is 138 cm³/mol. The molecule has 2 atom stereocenters. The second-order valence-electron chi connectivity index (χ2n) is 9.01. The molecule has 13 heteroatoms. The van der Waals surface area contributed by atoms with Crippen LogP contribution >= 0.6 is 11.6 Å². The number of rotatable bonds is 8. The molecule has 2 aromatic heterocycles. The minimum Gasteiger partial charge on any atom is -0.350 e. The Labute approximate surface area is 224 Å². The molecule has 3 amide bonds. The van der Waals surface area contributed by atoms with E-state index in [4.69, 9.17) is 11.6 Å². The van der Waals surface area contributed by atoms with Crippen molar-refractivity contribution < 1.29 is 18.4 Å². The van der Waals surface area contributed by atoms with Gasteiger partial charge in [-0.05, 0) is 31.0 Å². The summed E-state index contributed by atoms with van der Waals surface area (Å²) in [7, 11) is 0. The lowest BCUT2D eigenvalue weighted by molar-refractivity contribution is -0.122. The van der Waals surface area contributed by atoms with Gasteiger partial charge in [0.25, 0.3) is 0 Å². The Morgan fingerprint density at radius 2 is 2.00 bits per heavy atom. The van der Waals surface area contributed by atoms with E-state index in [9.17, 15) is 18.4 Å². The maximum absolute atomic E-state index is 13.7. The highest BCUT2D eigenvalue weighted by Crippen LogP contribution is 2.25. The number of piperazine rings is 1. The fourth-order valence-corrected chi connectivity index (χ4v) is 4.45. The van der Waals surface area contributed by atoms with E-state index >= 15 is 0 Å². The average Bonchev–Trinajstić information content (AvgIpc) is 3.43. The Morgan fingerprint density at radius 1 is 1.18 bits per heavy atom. The Hall–Kier alpha value is -3.80. The minimum atomic E-state index is -0.981. The van der Waals surface area contributed by atoms with Gasteiger partial charge in [-0.15, -0.1) is 0 Å². The number of imidazole rings is 1. The number of amides is 3. The van der Waals surface area contributed by atoms with Crippen LogP contribution in [0.15, 0.2) is 43.0 Å². The van der Waals surface area contributed by atoms with Crippen molar-refractivity contribution in [1.29, 1.82) is 0 Å². The highest BCUT2D eigenvalue weighted by Gasteiger charge is 2.33. The number of hydrogen-bond donors (Lipinski definition) is 2. The van der Waals surface area contributed by atoms with Crippen LogP contribution in [0.4, 0.5) is 19.4 Å². The number of urea groups is 1. The molecule has 3 aromatic rings. The zero-order valence-electron chi connectivity index (χ0n) is 21.1. The molecule has 0 aliphatic carbocycles. The molecule has 0 saturated carbocycles. The van der Waals surface area contributed by atoms with E-state index in [1.54, 1.807) is 41.2 Å². The molecule has 202 valence electrons. The molecule has 1 aromatic carbocycles. The van der Waals surface area contributed by atoms with E-state index in [1.807, 2.05) is 11.8 Å². The number of nitrogens with one attached hydrogen (secondary N) is 2. The van der Waals surface area contributed by atoms with Gasteiger partial charge in [-0.2, -0.15) is 4.98 Å². The van der Waals surface area contributed by atoms with E-state index in [1.165, 1.54) is 6.07 Å². The van der Waals surface area contributed by atoms with Crippen LogP contribution in [0.5, 0.6) is 0 Å². The number of carbonyl (C=O) groups excluding carboxylic acids is 2. The fraction of sp³-hybridized carbons (Fsp3) is 0.400. The second kappa shape index (κ2) is 12.2. The molecule has 38 heavy (non-hydrogen) atoms. The van der Waals surface area contributed by atoms with Crippen LogP contribution in [-0.2, 0) is 4.79 Å². The van der Waals surface area contributed by atoms with Gasteiger partial charge >= 0.3 is 6.03 Å². The number of carbonyl (C=O) groups is 2. The molecule has 1 aliphatic rings. The van der Waals surface area contributed by atoms with E-state index in [-0.39, 0.29) is 30.1 Å². The molecular weight excluding hydrogens is 518 g/mol. The van der Waals surface area contributed by atoms with Crippen LogP contribution in [0.2, 0.25) is 5.15 Å². The summed E-state index contributed by atoms with van der Waals surface area (Å²) in [4.78, 5) is 42.3. The average molecular weight is 547 g/mol. The molecule has 0 bridgehead atoms. The largest absolute Gasteiger partial charge is 0.350 e. The first-order chi connectivity index (χ1) is 18.2. The van der Waals surface area contributed by atoms with Crippen molar-refractivity contribution >= 4 is 29.4 Å². The lowest BCUT2D eigenvalue weighted by atomic mass is 10.1. The second-order valence-corrected chi connectivity index (χ2v) is 9.40. The van der Waals surface area contributed by atoms with Gasteiger partial charge in [0.2, 0.25) is 11.9 Å². The van der Waals surface area contributed by atoms with Crippen LogP contribution in [-0.4, -0.2) is 68.6 Å². The molecule has 1 saturated heterocycles. The van der Waals surface area contributed by atoms with Gasteiger partial charge in [0.05, 0.1) is 12.1 Å². The van der Waals surface area contributed by atoms with Crippen molar-refractivity contribution in [2.45, 2.75) is 38.8 Å². The lowest BCUT2D eigenvalue weighted by Gasteiger charge is -2.42. The SMILES string of the molecule is CCCNC(=O)N1CCN(c2cc(Cl)nc(-n3ccnc3)n2)C(CC(=O)NC(C)c2ccc(F)c(F)c2)C1. The van der Waals surface area contributed by atoms with Gasteiger partial charge in [-0.25, -0.2) is 23.5 Å². The summed E-state index contributed by atoms with van der Waals surface area (Å²) < 4.78 is 28.7. The topological polar surface area (TPSA) is 108 Å². The number of anilines is 1. The lowest BCUT2D eigenvalue weighted by Crippen LogP contribution is -2.58. The van der Waals surface area contributed by atoms with Crippen molar-refractivity contribution in [3.8, 4) is 5.95 Å². The van der Waals surface area contributed by atoms with Crippen LogP contribution in [0.1, 0.15) is 38.3 Å². The zero-order chi connectivity index (χ0) is 27.2. The standard InChI is InChI=1S/C25H29ClF2N8O2/c1-3-6-30-25(38)34-9-10-36(22-13-21(26)32-24(33-22)35-8-7-29-15-35)18(14-34)12-23(37)31-16(2)17-4-5-19(27)20(28)11-17/h4-5,7-8,11,13,15-16,18H,3,6,9-10,12,14H2,1-2H3,(H,30,38)(H,31,37). The number of hydrogen-bond acceptors (Lipinski definition) is 6. The van der Waals surface area contributed by atoms with E-state index in [0.29, 0.717) is 37.0 Å². The summed E-state index contributed by atoms with van der Waals surface area (Å²) in [6, 6.07) is 3.94. The van der Waals surface area contributed by atoms with Gasteiger partial charge in [-0.1, -0.05) is 24.6 Å². The number of nitrogens with zero attached hydrogens (tertiary/aromatic N) is 6. The third-order valence-electron chi connectivity index (χ3n) is 6.24. The first kappa shape index (κ1) is 27.2. The summed E-state index contributed by atoms with van der Waals surface area (Å²) in [5, 5.41) is 5.94. The van der Waals surface area contributed by atoms with Crippen molar-refractivity contribution in [1.82, 2.24) is 35.1 Å². The molecule has 1 aliphatic heterocycles. The molecule has 0 radical (unpaired) electrons. The maximum atomic E-state index is 13.7. The van der Waals surface area contributed by atoms with Crippen molar-refractivity contribution in [3.63, 3.8) is 0 Å². The molecule has 2 unspecified atom stereocenters. The van der Waals surface area contributed by atoms with Crippen LogP contribution in [0.25, 0.3) is 5.95 Å². The maximum Gasteiger partial charge on any atom is 0.317 e. The van der Waals surface area contributed by atoms with Crippen LogP contribution in [0, 0.1) is 11.6 Å². The molecule has 4 rings (SSSR count). The summed E-state index contributed by atoms with van der Waals surface area (Å²) in [5.74, 6) is -1.42. The van der Waals surface area contributed by atoms with Gasteiger partial charge in [0.1, 0.15) is 17.3 Å². The van der Waals surface area contributed by atoms with Crippen molar-refractivity contribution in [3.05, 3.63) is 65.3 Å². The minimum absolute atomic E-state index is 0.0214. The normalized spacial score (nSPS) is 16.3. The smallest absolute Gasteiger partial charge is 0.317 e. The Kier molecular flexibility index (Phi) is 8.72. The Morgan fingerprint density at radius 3 is 2.71 bits per heavy atom. The highest BCUT2D eigenvalue weighted by atomic mass is 35.5. The summed E-state index contributed by atoms with van der Waals surface area (Å²) >= 11 is 6.31. The molecule has 1 fully saturated rings.